The van der Waals surface area contributed by atoms with Gasteiger partial charge in [-0.3, -0.25) is 9.59 Å². The van der Waals surface area contributed by atoms with Crippen LogP contribution in [0.15, 0.2) is 30.3 Å². The summed E-state index contributed by atoms with van der Waals surface area (Å²) in [4.78, 5) is 23.4. The van der Waals surface area contributed by atoms with Crippen LogP contribution in [0, 0.1) is 0 Å². The maximum atomic E-state index is 12.1. The molecule has 1 aromatic carbocycles. The van der Waals surface area contributed by atoms with Gasteiger partial charge in [0, 0.05) is 30.8 Å². The lowest BCUT2D eigenvalue weighted by Gasteiger charge is -2.10. The highest BCUT2D eigenvalue weighted by Gasteiger charge is 2.15. The SMILES string of the molecule is CC(SCCC(=O)NCCN)C(=O)c1ccccc1. The summed E-state index contributed by atoms with van der Waals surface area (Å²) in [6, 6.07) is 9.22. The van der Waals surface area contributed by atoms with Gasteiger partial charge in [-0.25, -0.2) is 0 Å². The van der Waals surface area contributed by atoms with Crippen LogP contribution in [0.3, 0.4) is 0 Å². The monoisotopic (exact) mass is 280 g/mol. The Morgan fingerprint density at radius 1 is 1.32 bits per heavy atom. The summed E-state index contributed by atoms with van der Waals surface area (Å²) >= 11 is 1.50. The van der Waals surface area contributed by atoms with E-state index in [1.165, 1.54) is 11.8 Å². The van der Waals surface area contributed by atoms with Crippen molar-refractivity contribution >= 4 is 23.5 Å². The first-order chi connectivity index (χ1) is 9.15. The highest BCUT2D eigenvalue weighted by atomic mass is 32.2. The first kappa shape index (κ1) is 15.7. The Labute approximate surface area is 118 Å². The van der Waals surface area contributed by atoms with Gasteiger partial charge in [0.2, 0.25) is 5.91 Å². The predicted octanol–water partition coefficient (Wildman–Crippen LogP) is 1.46. The van der Waals surface area contributed by atoms with E-state index in [0.29, 0.717) is 25.3 Å². The highest BCUT2D eigenvalue weighted by molar-refractivity contribution is 8.00. The van der Waals surface area contributed by atoms with Gasteiger partial charge in [-0.2, -0.15) is 11.8 Å². The fourth-order valence-corrected chi connectivity index (χ4v) is 2.49. The number of rotatable bonds is 8. The summed E-state index contributed by atoms with van der Waals surface area (Å²) in [6.07, 6.45) is 0.414. The summed E-state index contributed by atoms with van der Waals surface area (Å²) in [5.74, 6) is 0.723. The molecule has 0 heterocycles. The third-order valence-electron chi connectivity index (χ3n) is 2.59. The molecule has 3 N–H and O–H groups in total. The van der Waals surface area contributed by atoms with Crippen molar-refractivity contribution in [2.24, 2.45) is 5.73 Å². The fraction of sp³-hybridized carbons (Fsp3) is 0.429. The van der Waals surface area contributed by atoms with Gasteiger partial charge in [0.05, 0.1) is 5.25 Å². The van der Waals surface area contributed by atoms with E-state index in [1.807, 2.05) is 37.3 Å². The summed E-state index contributed by atoms with van der Waals surface area (Å²) in [5, 5.41) is 2.57. The fourth-order valence-electron chi connectivity index (χ4n) is 1.54. The Morgan fingerprint density at radius 3 is 2.63 bits per heavy atom. The lowest BCUT2D eigenvalue weighted by Crippen LogP contribution is -2.29. The van der Waals surface area contributed by atoms with Crippen molar-refractivity contribution in [3.63, 3.8) is 0 Å². The summed E-state index contributed by atoms with van der Waals surface area (Å²) in [6.45, 7) is 2.82. The van der Waals surface area contributed by atoms with Crippen LogP contribution in [-0.4, -0.2) is 35.8 Å². The average molecular weight is 280 g/mol. The molecular weight excluding hydrogens is 260 g/mol. The summed E-state index contributed by atoms with van der Waals surface area (Å²) < 4.78 is 0. The number of nitrogens with one attached hydrogen (secondary N) is 1. The van der Waals surface area contributed by atoms with Crippen molar-refractivity contribution in [2.75, 3.05) is 18.8 Å². The number of hydrogen-bond donors (Lipinski definition) is 2. The van der Waals surface area contributed by atoms with E-state index in [-0.39, 0.29) is 16.9 Å². The maximum Gasteiger partial charge on any atom is 0.220 e. The largest absolute Gasteiger partial charge is 0.355 e. The molecule has 0 radical (unpaired) electrons. The number of Topliss-reactive ketones (excluding diaryl/α,β-unsaturated/α-hetero) is 1. The lowest BCUT2D eigenvalue weighted by molar-refractivity contribution is -0.120. The molecule has 19 heavy (non-hydrogen) atoms. The molecule has 1 rings (SSSR count). The summed E-state index contributed by atoms with van der Waals surface area (Å²) in [5.41, 5.74) is 6.01. The number of nitrogens with two attached hydrogens (primary N) is 1. The molecule has 1 unspecified atom stereocenters. The van der Waals surface area contributed by atoms with Crippen LogP contribution in [0.25, 0.3) is 0 Å². The van der Waals surface area contributed by atoms with Gasteiger partial charge in [-0.1, -0.05) is 30.3 Å². The zero-order valence-electron chi connectivity index (χ0n) is 11.1. The Bertz CT molecular complexity index is 409. The highest BCUT2D eigenvalue weighted by Crippen LogP contribution is 2.16. The lowest BCUT2D eigenvalue weighted by atomic mass is 10.1. The van der Waals surface area contributed by atoms with Crippen molar-refractivity contribution in [3.05, 3.63) is 35.9 Å². The second-order valence-corrected chi connectivity index (χ2v) is 5.58. The van der Waals surface area contributed by atoms with Gasteiger partial charge in [-0.05, 0) is 6.92 Å². The molecule has 1 amide bonds. The molecule has 5 heteroatoms. The number of benzene rings is 1. The van der Waals surface area contributed by atoms with Gasteiger partial charge in [0.15, 0.2) is 5.78 Å². The second kappa shape index (κ2) is 8.72. The zero-order valence-corrected chi connectivity index (χ0v) is 11.9. The van der Waals surface area contributed by atoms with E-state index in [0.717, 1.165) is 5.56 Å². The second-order valence-electron chi connectivity index (χ2n) is 4.13. The molecule has 1 aromatic rings. The predicted molar refractivity (Wildman–Crippen MR) is 79.4 cm³/mol. The van der Waals surface area contributed by atoms with Gasteiger partial charge < -0.3 is 11.1 Å². The quantitative estimate of drug-likeness (QED) is 0.707. The molecule has 0 aliphatic heterocycles. The van der Waals surface area contributed by atoms with E-state index in [2.05, 4.69) is 5.32 Å². The Hall–Kier alpha value is -1.33. The van der Waals surface area contributed by atoms with E-state index < -0.39 is 0 Å². The van der Waals surface area contributed by atoms with Crippen molar-refractivity contribution in [3.8, 4) is 0 Å². The van der Waals surface area contributed by atoms with Crippen molar-refractivity contribution in [1.29, 1.82) is 0 Å². The van der Waals surface area contributed by atoms with Crippen molar-refractivity contribution in [2.45, 2.75) is 18.6 Å². The topological polar surface area (TPSA) is 72.2 Å². The number of thioether (sulfide) groups is 1. The third kappa shape index (κ3) is 5.89. The standard InChI is InChI=1S/C14H20N2O2S/c1-11(14(18)12-5-3-2-4-6-12)19-10-7-13(17)16-9-8-15/h2-6,11H,7-10,15H2,1H3,(H,16,17). The Morgan fingerprint density at radius 2 is 2.00 bits per heavy atom. The zero-order chi connectivity index (χ0) is 14.1. The minimum atomic E-state index is -0.135. The molecule has 0 bridgehead atoms. The molecule has 104 valence electrons. The van der Waals surface area contributed by atoms with E-state index in [1.54, 1.807) is 0 Å². The van der Waals surface area contributed by atoms with Crippen molar-refractivity contribution < 1.29 is 9.59 Å². The van der Waals surface area contributed by atoms with Crippen LogP contribution in [0.5, 0.6) is 0 Å². The minimum Gasteiger partial charge on any atom is -0.355 e. The van der Waals surface area contributed by atoms with Crippen LogP contribution in [0.1, 0.15) is 23.7 Å². The van der Waals surface area contributed by atoms with E-state index in [4.69, 9.17) is 5.73 Å². The van der Waals surface area contributed by atoms with Crippen LogP contribution in [0.2, 0.25) is 0 Å². The molecule has 0 aliphatic carbocycles. The maximum absolute atomic E-state index is 12.1. The molecule has 0 aliphatic rings. The Kier molecular flexibility index (Phi) is 7.22. The Balaban J connectivity index is 2.30. The van der Waals surface area contributed by atoms with E-state index in [9.17, 15) is 9.59 Å². The molecule has 1 atom stereocenters. The summed E-state index contributed by atoms with van der Waals surface area (Å²) in [7, 11) is 0. The molecule has 0 aromatic heterocycles. The van der Waals surface area contributed by atoms with Gasteiger partial charge in [0.25, 0.3) is 0 Å². The number of carbonyl (C=O) groups is 2. The molecule has 0 spiro atoms. The number of ketones is 1. The third-order valence-corrected chi connectivity index (χ3v) is 3.74. The molecule has 0 saturated heterocycles. The van der Waals surface area contributed by atoms with Crippen molar-refractivity contribution in [1.82, 2.24) is 5.32 Å². The molecule has 0 fully saturated rings. The van der Waals surface area contributed by atoms with Gasteiger partial charge >= 0.3 is 0 Å². The first-order valence-corrected chi connectivity index (χ1v) is 7.37. The molecule has 4 nitrogen and oxygen atoms in total. The molecule has 0 saturated carbocycles. The first-order valence-electron chi connectivity index (χ1n) is 6.32. The van der Waals surface area contributed by atoms with E-state index >= 15 is 0 Å². The van der Waals surface area contributed by atoms with Crippen LogP contribution >= 0.6 is 11.8 Å². The minimum absolute atomic E-state index is 0.0164. The van der Waals surface area contributed by atoms with Crippen LogP contribution in [0.4, 0.5) is 0 Å². The number of amides is 1. The van der Waals surface area contributed by atoms with Gasteiger partial charge in [0.1, 0.15) is 0 Å². The number of carbonyl (C=O) groups excluding carboxylic acids is 2. The number of hydrogen-bond acceptors (Lipinski definition) is 4. The normalized spacial score (nSPS) is 11.9. The van der Waals surface area contributed by atoms with Crippen LogP contribution in [-0.2, 0) is 4.79 Å². The smallest absolute Gasteiger partial charge is 0.220 e. The van der Waals surface area contributed by atoms with Gasteiger partial charge in [-0.15, -0.1) is 0 Å². The average Bonchev–Trinajstić information content (AvgIpc) is 2.45. The van der Waals surface area contributed by atoms with Crippen LogP contribution < -0.4 is 11.1 Å². The molecular formula is C14H20N2O2S.